The van der Waals surface area contributed by atoms with Crippen LogP contribution in [-0.4, -0.2) is 46.4 Å². The number of aromatic nitrogens is 2. The third-order valence-corrected chi connectivity index (χ3v) is 4.14. The third-order valence-electron chi connectivity index (χ3n) is 4.14. The van der Waals surface area contributed by atoms with Crippen LogP contribution in [0.4, 0.5) is 13.2 Å². The normalized spacial score (nSPS) is 18.3. The van der Waals surface area contributed by atoms with Crippen LogP contribution >= 0.6 is 0 Å². The Kier molecular flexibility index (Phi) is 5.33. The van der Waals surface area contributed by atoms with Gasteiger partial charge in [0, 0.05) is 17.8 Å². The molecule has 5 nitrogen and oxygen atoms in total. The number of alkyl halides is 3. The molecule has 0 amide bonds. The van der Waals surface area contributed by atoms with Crippen LogP contribution in [0, 0.1) is 0 Å². The van der Waals surface area contributed by atoms with Crippen molar-refractivity contribution in [3.63, 3.8) is 0 Å². The number of halogens is 3. The summed E-state index contributed by atoms with van der Waals surface area (Å²) in [4.78, 5) is 12.9. The molecule has 1 aliphatic carbocycles. The van der Waals surface area contributed by atoms with Gasteiger partial charge in [0.1, 0.15) is 0 Å². The number of carboxylic acid groups (broad SMARTS) is 1. The molecule has 0 bridgehead atoms. The molecule has 0 saturated carbocycles. The Labute approximate surface area is 133 Å². The van der Waals surface area contributed by atoms with Crippen molar-refractivity contribution in [1.82, 2.24) is 14.7 Å². The van der Waals surface area contributed by atoms with Crippen molar-refractivity contribution in [2.75, 3.05) is 20.6 Å². The molecule has 1 aliphatic rings. The van der Waals surface area contributed by atoms with Crippen molar-refractivity contribution in [2.24, 2.45) is 0 Å². The highest BCUT2D eigenvalue weighted by molar-refractivity contribution is 5.68. The Bertz CT molecular complexity index is 567. The van der Waals surface area contributed by atoms with Crippen molar-refractivity contribution >= 4 is 5.97 Å². The van der Waals surface area contributed by atoms with Gasteiger partial charge in [-0.2, -0.15) is 18.3 Å². The first-order chi connectivity index (χ1) is 10.7. The Morgan fingerprint density at radius 3 is 2.70 bits per heavy atom. The standard InChI is InChI=1S/C15H22F3N3O2/c1-20(2)7-4-8-21-11-6-3-5-10(9-12(22)23)13(11)14(19-21)15(16,17)18/h10H,3-9H2,1-2H3,(H,22,23). The molecule has 1 N–H and O–H groups in total. The van der Waals surface area contributed by atoms with Crippen LogP contribution in [-0.2, 0) is 23.9 Å². The number of hydrogen-bond acceptors (Lipinski definition) is 3. The van der Waals surface area contributed by atoms with E-state index in [-0.39, 0.29) is 12.0 Å². The molecule has 0 fully saturated rings. The molecular weight excluding hydrogens is 311 g/mol. The number of carbonyl (C=O) groups is 1. The minimum absolute atomic E-state index is 0.107. The van der Waals surface area contributed by atoms with Crippen molar-refractivity contribution < 1.29 is 23.1 Å². The van der Waals surface area contributed by atoms with Crippen molar-refractivity contribution in [1.29, 1.82) is 0 Å². The molecule has 0 aromatic carbocycles. The topological polar surface area (TPSA) is 58.4 Å². The molecule has 8 heteroatoms. The van der Waals surface area contributed by atoms with Gasteiger partial charge >= 0.3 is 12.1 Å². The van der Waals surface area contributed by atoms with E-state index < -0.39 is 23.8 Å². The lowest BCUT2D eigenvalue weighted by Gasteiger charge is -2.23. The second kappa shape index (κ2) is 6.90. The molecule has 1 heterocycles. The van der Waals surface area contributed by atoms with Crippen LogP contribution in [0.2, 0.25) is 0 Å². The SMILES string of the molecule is CN(C)CCCn1nc(C(F)(F)F)c2c1CCCC2CC(=O)O. The van der Waals surface area contributed by atoms with Crippen LogP contribution < -0.4 is 0 Å². The molecule has 0 saturated heterocycles. The summed E-state index contributed by atoms with van der Waals surface area (Å²) < 4.78 is 41.4. The molecule has 2 rings (SSSR count). The number of nitrogens with zero attached hydrogens (tertiary/aromatic N) is 3. The molecular formula is C15H22F3N3O2. The lowest BCUT2D eigenvalue weighted by molar-refractivity contribution is -0.143. The van der Waals surface area contributed by atoms with Crippen LogP contribution in [0.15, 0.2) is 0 Å². The number of aryl methyl sites for hydroxylation is 1. The fourth-order valence-corrected chi connectivity index (χ4v) is 3.21. The summed E-state index contributed by atoms with van der Waals surface area (Å²) in [7, 11) is 3.81. The Hall–Kier alpha value is -1.57. The van der Waals surface area contributed by atoms with Gasteiger partial charge < -0.3 is 10.0 Å². The largest absolute Gasteiger partial charge is 0.481 e. The summed E-state index contributed by atoms with van der Waals surface area (Å²) >= 11 is 0. The minimum atomic E-state index is -4.55. The van der Waals surface area contributed by atoms with Gasteiger partial charge in [-0.05, 0) is 52.2 Å². The Morgan fingerprint density at radius 2 is 2.13 bits per heavy atom. The molecule has 1 atom stereocenters. The van der Waals surface area contributed by atoms with Gasteiger partial charge in [-0.25, -0.2) is 0 Å². The number of aliphatic carboxylic acids is 1. The molecule has 0 aliphatic heterocycles. The molecule has 0 radical (unpaired) electrons. The van der Waals surface area contributed by atoms with Crippen LogP contribution in [0.1, 0.15) is 48.6 Å². The zero-order valence-electron chi connectivity index (χ0n) is 13.4. The first kappa shape index (κ1) is 17.8. The molecule has 1 aromatic rings. The predicted octanol–water partition coefficient (Wildman–Crippen LogP) is 2.75. The van der Waals surface area contributed by atoms with E-state index in [9.17, 15) is 18.0 Å². The lowest BCUT2D eigenvalue weighted by atomic mass is 9.83. The fourth-order valence-electron chi connectivity index (χ4n) is 3.21. The van der Waals surface area contributed by atoms with E-state index in [1.807, 2.05) is 19.0 Å². The molecule has 0 spiro atoms. The lowest BCUT2D eigenvalue weighted by Crippen LogP contribution is -2.19. The van der Waals surface area contributed by atoms with Crippen LogP contribution in [0.25, 0.3) is 0 Å². The maximum atomic E-state index is 13.3. The van der Waals surface area contributed by atoms with E-state index in [2.05, 4.69) is 5.10 Å². The van der Waals surface area contributed by atoms with Crippen LogP contribution in [0.5, 0.6) is 0 Å². The minimum Gasteiger partial charge on any atom is -0.481 e. The van der Waals surface area contributed by atoms with Gasteiger partial charge in [0.2, 0.25) is 0 Å². The van der Waals surface area contributed by atoms with Gasteiger partial charge in [0.05, 0.1) is 6.42 Å². The van der Waals surface area contributed by atoms with Crippen molar-refractivity contribution in [3.05, 3.63) is 17.0 Å². The molecule has 1 aromatic heterocycles. The van der Waals surface area contributed by atoms with Gasteiger partial charge in [-0.15, -0.1) is 0 Å². The van der Waals surface area contributed by atoms with Gasteiger partial charge in [-0.1, -0.05) is 0 Å². The van der Waals surface area contributed by atoms with E-state index in [4.69, 9.17) is 5.11 Å². The van der Waals surface area contributed by atoms with E-state index in [1.54, 1.807) is 0 Å². The highest BCUT2D eigenvalue weighted by Gasteiger charge is 2.42. The smallest absolute Gasteiger partial charge is 0.435 e. The summed E-state index contributed by atoms with van der Waals surface area (Å²) in [6.07, 6.45) is -2.45. The van der Waals surface area contributed by atoms with E-state index in [0.29, 0.717) is 37.9 Å². The number of fused-ring (bicyclic) bond motifs is 1. The number of carboxylic acids is 1. The second-order valence-electron chi connectivity index (χ2n) is 6.27. The zero-order chi connectivity index (χ0) is 17.2. The summed E-state index contributed by atoms with van der Waals surface area (Å²) in [5, 5.41) is 12.8. The summed E-state index contributed by atoms with van der Waals surface area (Å²) in [5.74, 6) is -1.67. The monoisotopic (exact) mass is 333 g/mol. The number of rotatable bonds is 6. The average Bonchev–Trinajstić information content (AvgIpc) is 2.78. The Balaban J connectivity index is 2.35. The maximum Gasteiger partial charge on any atom is 0.435 e. The molecule has 1 unspecified atom stereocenters. The Morgan fingerprint density at radius 1 is 1.43 bits per heavy atom. The van der Waals surface area contributed by atoms with E-state index in [1.165, 1.54) is 4.68 Å². The first-order valence-electron chi connectivity index (χ1n) is 7.73. The van der Waals surface area contributed by atoms with Gasteiger partial charge in [-0.3, -0.25) is 9.48 Å². The fraction of sp³-hybridized carbons (Fsp3) is 0.733. The van der Waals surface area contributed by atoms with Gasteiger partial charge in [0.15, 0.2) is 5.69 Å². The summed E-state index contributed by atoms with van der Waals surface area (Å²) in [6.45, 7) is 1.17. The van der Waals surface area contributed by atoms with Crippen LogP contribution in [0.3, 0.4) is 0 Å². The van der Waals surface area contributed by atoms with E-state index >= 15 is 0 Å². The predicted molar refractivity (Wildman–Crippen MR) is 78.3 cm³/mol. The third kappa shape index (κ3) is 4.25. The molecule has 130 valence electrons. The maximum absolute atomic E-state index is 13.3. The summed E-state index contributed by atoms with van der Waals surface area (Å²) in [5.41, 5.74) is -0.229. The number of hydrogen-bond donors (Lipinski definition) is 1. The first-order valence-corrected chi connectivity index (χ1v) is 7.73. The van der Waals surface area contributed by atoms with E-state index in [0.717, 1.165) is 6.54 Å². The highest BCUT2D eigenvalue weighted by Crippen LogP contribution is 2.42. The summed E-state index contributed by atoms with van der Waals surface area (Å²) in [6, 6.07) is 0. The van der Waals surface area contributed by atoms with Crippen molar-refractivity contribution in [2.45, 2.75) is 50.7 Å². The zero-order valence-corrected chi connectivity index (χ0v) is 13.4. The highest BCUT2D eigenvalue weighted by atomic mass is 19.4. The van der Waals surface area contributed by atoms with Gasteiger partial charge in [0.25, 0.3) is 0 Å². The second-order valence-corrected chi connectivity index (χ2v) is 6.27. The van der Waals surface area contributed by atoms with Crippen molar-refractivity contribution in [3.8, 4) is 0 Å². The quantitative estimate of drug-likeness (QED) is 0.870. The average molecular weight is 333 g/mol. The molecule has 23 heavy (non-hydrogen) atoms.